The normalized spacial score (nSPS) is 19.9. The third kappa shape index (κ3) is 6.09. The predicted octanol–water partition coefficient (Wildman–Crippen LogP) is 4.06. The van der Waals surface area contributed by atoms with Crippen molar-refractivity contribution in [3.05, 3.63) is 64.4 Å². The number of sulfonamides is 1. The number of hydrogen-bond donors (Lipinski definition) is 2. The first-order chi connectivity index (χ1) is 15.6. The highest BCUT2D eigenvalue weighted by Gasteiger charge is 2.38. The second-order valence-electron chi connectivity index (χ2n) is 8.24. The maximum atomic E-state index is 14.9. The Bertz CT molecular complexity index is 1080. The van der Waals surface area contributed by atoms with Crippen molar-refractivity contribution in [2.24, 2.45) is 0 Å². The molecule has 2 aromatic carbocycles. The van der Waals surface area contributed by atoms with Gasteiger partial charge < -0.3 is 10.4 Å². The van der Waals surface area contributed by atoms with Gasteiger partial charge >= 0.3 is 0 Å². The van der Waals surface area contributed by atoms with Crippen LogP contribution in [0.1, 0.15) is 48.5 Å². The molecule has 0 heterocycles. The summed E-state index contributed by atoms with van der Waals surface area (Å²) in [5, 5.41) is 11.9. The Labute approximate surface area is 197 Å². The first kappa shape index (κ1) is 25.6. The summed E-state index contributed by atoms with van der Waals surface area (Å²) in [6.45, 7) is 0.951. The molecule has 0 aliphatic heterocycles. The topological polar surface area (TPSA) is 86.7 Å². The van der Waals surface area contributed by atoms with Gasteiger partial charge in [0.05, 0.1) is 17.5 Å². The van der Waals surface area contributed by atoms with E-state index in [2.05, 4.69) is 5.32 Å². The molecule has 0 aromatic heterocycles. The van der Waals surface area contributed by atoms with Crippen molar-refractivity contribution in [3.8, 4) is 0 Å². The number of hydrogen-bond acceptors (Lipinski definition) is 4. The van der Waals surface area contributed by atoms with E-state index in [0.717, 1.165) is 10.4 Å². The van der Waals surface area contributed by atoms with E-state index in [4.69, 9.17) is 16.7 Å². The first-order valence-corrected chi connectivity index (χ1v) is 12.6. The standard InChI is InChI=1S/C23H27ClF2N2O4S/c1-15(14-29)27-23(30)16-6-7-17(21(26)12-16)13-28(22-5-3-2-4-20(22)25)33(31,32)19-10-8-18(24)9-11-19/h6-12,15,20,22,29H,2-5,13-14H2,1H3,(H,27,30). The van der Waals surface area contributed by atoms with Gasteiger partial charge in [0.2, 0.25) is 10.0 Å². The van der Waals surface area contributed by atoms with Crippen molar-refractivity contribution in [1.82, 2.24) is 9.62 Å². The molecule has 2 aromatic rings. The number of amides is 1. The molecule has 10 heteroatoms. The van der Waals surface area contributed by atoms with Gasteiger partial charge in [-0.1, -0.05) is 30.5 Å². The summed E-state index contributed by atoms with van der Waals surface area (Å²) in [7, 11) is -4.15. The maximum Gasteiger partial charge on any atom is 0.251 e. The van der Waals surface area contributed by atoms with Crippen molar-refractivity contribution < 1.29 is 27.1 Å². The van der Waals surface area contributed by atoms with E-state index >= 15 is 0 Å². The molecule has 3 unspecified atom stereocenters. The lowest BCUT2D eigenvalue weighted by atomic mass is 9.93. The molecule has 1 saturated carbocycles. The van der Waals surface area contributed by atoms with Gasteiger partial charge in [-0.05, 0) is 56.2 Å². The summed E-state index contributed by atoms with van der Waals surface area (Å²) in [5.74, 6) is -1.34. The van der Waals surface area contributed by atoms with Crippen LogP contribution < -0.4 is 5.32 Å². The smallest absolute Gasteiger partial charge is 0.251 e. The lowest BCUT2D eigenvalue weighted by molar-refractivity contribution is 0.0921. The van der Waals surface area contributed by atoms with E-state index in [1.54, 1.807) is 6.92 Å². The van der Waals surface area contributed by atoms with Gasteiger partial charge in [0, 0.05) is 28.7 Å². The van der Waals surface area contributed by atoms with Crippen LogP contribution in [0.2, 0.25) is 5.02 Å². The van der Waals surface area contributed by atoms with Crippen LogP contribution in [0.3, 0.4) is 0 Å². The molecule has 0 bridgehead atoms. The highest BCUT2D eigenvalue weighted by atomic mass is 35.5. The summed E-state index contributed by atoms with van der Waals surface area (Å²) in [6, 6.07) is 7.83. The Balaban J connectivity index is 1.93. The fourth-order valence-corrected chi connectivity index (χ4v) is 5.63. The minimum absolute atomic E-state index is 0.0251. The molecule has 1 aliphatic rings. The van der Waals surface area contributed by atoms with Crippen LogP contribution in [-0.4, -0.2) is 48.6 Å². The minimum Gasteiger partial charge on any atom is -0.394 e. The average Bonchev–Trinajstić information content (AvgIpc) is 2.79. The monoisotopic (exact) mass is 500 g/mol. The summed E-state index contributed by atoms with van der Waals surface area (Å²) >= 11 is 5.88. The summed E-state index contributed by atoms with van der Waals surface area (Å²) < 4.78 is 57.7. The van der Waals surface area contributed by atoms with E-state index in [1.807, 2.05) is 0 Å². The number of carbonyl (C=O) groups excluding carboxylic acids is 1. The molecule has 0 spiro atoms. The van der Waals surface area contributed by atoms with E-state index in [9.17, 15) is 22.0 Å². The van der Waals surface area contributed by atoms with Crippen LogP contribution in [0.25, 0.3) is 0 Å². The minimum atomic E-state index is -4.15. The van der Waals surface area contributed by atoms with E-state index in [1.165, 1.54) is 36.4 Å². The maximum absolute atomic E-state index is 14.9. The Morgan fingerprint density at radius 1 is 1.21 bits per heavy atom. The third-order valence-corrected chi connectivity index (χ3v) is 7.87. The van der Waals surface area contributed by atoms with E-state index in [0.29, 0.717) is 24.3 Å². The number of nitrogens with zero attached hydrogens (tertiary/aromatic N) is 1. The zero-order valence-corrected chi connectivity index (χ0v) is 19.7. The molecule has 2 N–H and O–H groups in total. The molecule has 0 radical (unpaired) electrons. The van der Waals surface area contributed by atoms with Gasteiger partial charge in [-0.3, -0.25) is 4.79 Å². The van der Waals surface area contributed by atoms with E-state index in [-0.39, 0.29) is 35.6 Å². The highest BCUT2D eigenvalue weighted by molar-refractivity contribution is 7.89. The summed E-state index contributed by atoms with van der Waals surface area (Å²) in [4.78, 5) is 12.1. The number of carbonyl (C=O) groups is 1. The quantitative estimate of drug-likeness (QED) is 0.572. The lowest BCUT2D eigenvalue weighted by Crippen LogP contribution is -2.46. The molecule has 0 saturated heterocycles. The van der Waals surface area contributed by atoms with Crippen LogP contribution in [0.5, 0.6) is 0 Å². The third-order valence-electron chi connectivity index (χ3n) is 5.73. The van der Waals surface area contributed by atoms with Gasteiger partial charge in [-0.15, -0.1) is 0 Å². The molecule has 180 valence electrons. The summed E-state index contributed by atoms with van der Waals surface area (Å²) in [6.07, 6.45) is 0.532. The average molecular weight is 501 g/mol. The zero-order valence-electron chi connectivity index (χ0n) is 18.2. The van der Waals surface area contributed by atoms with Crippen LogP contribution >= 0.6 is 11.6 Å². The molecule has 3 atom stereocenters. The van der Waals surface area contributed by atoms with Crippen LogP contribution in [0, 0.1) is 5.82 Å². The molecule has 3 rings (SSSR count). The predicted molar refractivity (Wildman–Crippen MR) is 122 cm³/mol. The van der Waals surface area contributed by atoms with Gasteiger partial charge in [0.15, 0.2) is 0 Å². The lowest BCUT2D eigenvalue weighted by Gasteiger charge is -2.35. The number of halogens is 3. The molecule has 6 nitrogen and oxygen atoms in total. The Hall–Kier alpha value is -2.07. The van der Waals surface area contributed by atoms with Crippen molar-refractivity contribution >= 4 is 27.5 Å². The van der Waals surface area contributed by atoms with Gasteiger partial charge in [-0.2, -0.15) is 4.31 Å². The number of nitrogens with one attached hydrogen (secondary N) is 1. The SMILES string of the molecule is CC(CO)NC(=O)c1ccc(CN(C2CCCCC2F)S(=O)(=O)c2ccc(Cl)cc2)c(F)c1. The number of benzene rings is 2. The number of rotatable bonds is 8. The molecular formula is C23H27ClF2N2O4S. The second kappa shape index (κ2) is 10.9. The second-order valence-corrected chi connectivity index (χ2v) is 10.6. The van der Waals surface area contributed by atoms with Crippen molar-refractivity contribution in [3.63, 3.8) is 0 Å². The molecule has 1 amide bonds. The van der Waals surface area contributed by atoms with Gasteiger partial charge in [0.25, 0.3) is 5.91 Å². The van der Waals surface area contributed by atoms with Crippen LogP contribution in [0.4, 0.5) is 8.78 Å². The number of aliphatic hydroxyl groups excluding tert-OH is 1. The fraction of sp³-hybridized carbons (Fsp3) is 0.435. The zero-order chi connectivity index (χ0) is 24.2. The summed E-state index contributed by atoms with van der Waals surface area (Å²) in [5.41, 5.74) is 0.0572. The van der Waals surface area contributed by atoms with Crippen LogP contribution in [0.15, 0.2) is 47.4 Å². The van der Waals surface area contributed by atoms with Crippen molar-refractivity contribution in [2.45, 2.75) is 62.3 Å². The largest absolute Gasteiger partial charge is 0.394 e. The molecule has 1 aliphatic carbocycles. The van der Waals surface area contributed by atoms with Crippen LogP contribution in [-0.2, 0) is 16.6 Å². The van der Waals surface area contributed by atoms with Gasteiger partial charge in [-0.25, -0.2) is 17.2 Å². The van der Waals surface area contributed by atoms with Crippen molar-refractivity contribution in [2.75, 3.05) is 6.61 Å². The van der Waals surface area contributed by atoms with Gasteiger partial charge in [0.1, 0.15) is 12.0 Å². The Morgan fingerprint density at radius 2 is 1.88 bits per heavy atom. The first-order valence-electron chi connectivity index (χ1n) is 10.7. The fourth-order valence-electron chi connectivity index (χ4n) is 3.85. The molecule has 1 fully saturated rings. The Morgan fingerprint density at radius 3 is 2.48 bits per heavy atom. The molecular weight excluding hydrogens is 474 g/mol. The Kier molecular flexibility index (Phi) is 8.44. The van der Waals surface area contributed by atoms with Crippen molar-refractivity contribution in [1.29, 1.82) is 0 Å². The number of alkyl halides is 1. The van der Waals surface area contributed by atoms with E-state index < -0.39 is 40.0 Å². The molecule has 33 heavy (non-hydrogen) atoms. The highest BCUT2D eigenvalue weighted by Crippen LogP contribution is 2.32. The number of aliphatic hydroxyl groups is 1.